The smallest absolute Gasteiger partial charge is 0.132 e. The van der Waals surface area contributed by atoms with E-state index in [4.69, 9.17) is 4.74 Å². The largest absolute Gasteiger partial charge is 0.487 e. The van der Waals surface area contributed by atoms with Crippen molar-refractivity contribution in [3.8, 4) is 5.75 Å². The molecule has 0 saturated heterocycles. The number of fused-ring (bicyclic) bond motifs is 1. The van der Waals surface area contributed by atoms with Crippen LogP contribution in [0.1, 0.15) is 11.3 Å². The summed E-state index contributed by atoms with van der Waals surface area (Å²) >= 11 is 0. The summed E-state index contributed by atoms with van der Waals surface area (Å²) in [6.45, 7) is 2.43. The van der Waals surface area contributed by atoms with Gasteiger partial charge in [0.15, 0.2) is 0 Å². The predicted octanol–water partition coefficient (Wildman–Crippen LogP) is 4.19. The van der Waals surface area contributed by atoms with E-state index in [9.17, 15) is 4.39 Å². The second kappa shape index (κ2) is 4.76. The van der Waals surface area contributed by atoms with E-state index in [1.165, 1.54) is 11.6 Å². The number of H-pyrrole nitrogens is 1. The molecule has 0 aliphatic carbocycles. The summed E-state index contributed by atoms with van der Waals surface area (Å²) in [5, 5.41) is 0.602. The average Bonchev–Trinajstić information content (AvgIpc) is 2.83. The van der Waals surface area contributed by atoms with Crippen molar-refractivity contribution in [3.05, 3.63) is 65.6 Å². The lowest BCUT2D eigenvalue weighted by Gasteiger charge is -2.04. The van der Waals surface area contributed by atoms with Crippen LogP contribution in [-0.4, -0.2) is 4.98 Å². The van der Waals surface area contributed by atoms with Crippen LogP contribution < -0.4 is 4.74 Å². The van der Waals surface area contributed by atoms with Crippen LogP contribution in [0.4, 0.5) is 4.39 Å². The Balaban J connectivity index is 1.78. The zero-order valence-electron chi connectivity index (χ0n) is 10.6. The lowest BCUT2D eigenvalue weighted by Crippen LogP contribution is -1.95. The van der Waals surface area contributed by atoms with E-state index in [2.05, 4.69) is 4.98 Å². The molecule has 0 bridgehead atoms. The van der Waals surface area contributed by atoms with Gasteiger partial charge in [0.1, 0.15) is 18.2 Å². The second-order valence-corrected chi connectivity index (χ2v) is 4.60. The highest BCUT2D eigenvalue weighted by molar-refractivity contribution is 5.80. The maximum atomic E-state index is 13.5. The molecule has 0 aliphatic rings. The lowest BCUT2D eigenvalue weighted by molar-refractivity contribution is 0.302. The van der Waals surface area contributed by atoms with Gasteiger partial charge < -0.3 is 9.72 Å². The molecule has 0 unspecified atom stereocenters. The number of benzene rings is 2. The molecule has 2 nitrogen and oxygen atoms in total. The third-order valence-electron chi connectivity index (χ3n) is 3.08. The first-order valence-electron chi connectivity index (χ1n) is 6.18. The van der Waals surface area contributed by atoms with Gasteiger partial charge in [-0.2, -0.15) is 0 Å². The maximum absolute atomic E-state index is 13.5. The molecule has 0 aliphatic heterocycles. The maximum Gasteiger partial charge on any atom is 0.132 e. The van der Waals surface area contributed by atoms with E-state index in [1.807, 2.05) is 37.3 Å². The second-order valence-electron chi connectivity index (χ2n) is 4.60. The average molecular weight is 255 g/mol. The Morgan fingerprint density at radius 1 is 1.11 bits per heavy atom. The van der Waals surface area contributed by atoms with Crippen molar-refractivity contribution < 1.29 is 9.13 Å². The molecule has 0 atom stereocenters. The van der Waals surface area contributed by atoms with E-state index in [0.717, 1.165) is 17.0 Å². The first-order chi connectivity index (χ1) is 9.22. The highest BCUT2D eigenvalue weighted by Gasteiger charge is 2.05. The molecule has 3 aromatic rings. The van der Waals surface area contributed by atoms with Crippen LogP contribution in [0, 0.1) is 12.7 Å². The molecule has 2 aromatic carbocycles. The Kier molecular flexibility index (Phi) is 2.95. The predicted molar refractivity (Wildman–Crippen MR) is 73.8 cm³/mol. The van der Waals surface area contributed by atoms with Gasteiger partial charge in [0, 0.05) is 10.9 Å². The number of nitrogens with one attached hydrogen (secondary N) is 1. The zero-order valence-corrected chi connectivity index (χ0v) is 10.6. The Hall–Kier alpha value is -2.29. The van der Waals surface area contributed by atoms with Gasteiger partial charge in [0.25, 0.3) is 0 Å². The molecule has 3 heteroatoms. The van der Waals surface area contributed by atoms with Gasteiger partial charge in [-0.25, -0.2) is 4.39 Å². The number of ether oxygens (including phenoxy) is 1. The summed E-state index contributed by atoms with van der Waals surface area (Å²) in [6, 6.07) is 14.7. The Morgan fingerprint density at radius 2 is 1.89 bits per heavy atom. The standard InChI is InChI=1S/C16H14FNO/c1-11-5-7-13(8-6-11)19-10-12-9-14-15(17)3-2-4-16(14)18-12/h2-9,18H,10H2,1H3. The minimum Gasteiger partial charge on any atom is -0.487 e. The van der Waals surface area contributed by atoms with Crippen LogP contribution >= 0.6 is 0 Å². The molecule has 0 saturated carbocycles. The van der Waals surface area contributed by atoms with Crippen molar-refractivity contribution in [2.45, 2.75) is 13.5 Å². The molecular formula is C16H14FNO. The summed E-state index contributed by atoms with van der Waals surface area (Å²) in [5.74, 6) is 0.597. The zero-order chi connectivity index (χ0) is 13.2. The van der Waals surface area contributed by atoms with Crippen LogP contribution in [0.3, 0.4) is 0 Å². The third-order valence-corrected chi connectivity index (χ3v) is 3.08. The molecule has 3 rings (SSSR count). The van der Waals surface area contributed by atoms with E-state index in [0.29, 0.717) is 12.0 Å². The SMILES string of the molecule is Cc1ccc(OCc2cc3c(F)cccc3[nH]2)cc1. The molecule has 19 heavy (non-hydrogen) atoms. The summed E-state index contributed by atoms with van der Waals surface area (Å²) in [7, 11) is 0. The normalized spacial score (nSPS) is 10.8. The quantitative estimate of drug-likeness (QED) is 0.745. The molecule has 0 spiro atoms. The summed E-state index contributed by atoms with van der Waals surface area (Å²) < 4.78 is 19.2. The van der Waals surface area contributed by atoms with Gasteiger partial charge in [-0.1, -0.05) is 23.8 Å². The van der Waals surface area contributed by atoms with Crippen molar-refractivity contribution in [2.24, 2.45) is 0 Å². The van der Waals surface area contributed by atoms with E-state index >= 15 is 0 Å². The van der Waals surface area contributed by atoms with Crippen molar-refractivity contribution in [1.29, 1.82) is 0 Å². The fourth-order valence-corrected chi connectivity index (χ4v) is 2.05. The monoisotopic (exact) mass is 255 g/mol. The lowest BCUT2D eigenvalue weighted by atomic mass is 10.2. The van der Waals surface area contributed by atoms with Gasteiger partial charge in [0.05, 0.1) is 5.69 Å². The van der Waals surface area contributed by atoms with E-state index in [-0.39, 0.29) is 5.82 Å². The van der Waals surface area contributed by atoms with Crippen molar-refractivity contribution in [3.63, 3.8) is 0 Å². The molecule has 1 aromatic heterocycles. The van der Waals surface area contributed by atoms with Gasteiger partial charge >= 0.3 is 0 Å². The molecule has 0 amide bonds. The first kappa shape index (κ1) is 11.8. The van der Waals surface area contributed by atoms with Gasteiger partial charge in [-0.3, -0.25) is 0 Å². The number of halogens is 1. The first-order valence-corrected chi connectivity index (χ1v) is 6.18. The Morgan fingerprint density at radius 3 is 2.63 bits per heavy atom. The van der Waals surface area contributed by atoms with Crippen LogP contribution in [-0.2, 0) is 6.61 Å². The molecule has 1 heterocycles. The number of rotatable bonds is 3. The van der Waals surface area contributed by atoms with Gasteiger partial charge in [-0.15, -0.1) is 0 Å². The number of hydrogen-bond acceptors (Lipinski definition) is 1. The number of aryl methyl sites for hydroxylation is 1. The Labute approximate surface area is 110 Å². The molecule has 0 radical (unpaired) electrons. The summed E-state index contributed by atoms with van der Waals surface area (Å²) in [5.41, 5.74) is 2.85. The molecule has 0 fully saturated rings. The topological polar surface area (TPSA) is 25.0 Å². The van der Waals surface area contributed by atoms with Crippen LogP contribution in [0.2, 0.25) is 0 Å². The van der Waals surface area contributed by atoms with Crippen LogP contribution in [0.5, 0.6) is 5.75 Å². The van der Waals surface area contributed by atoms with Crippen molar-refractivity contribution >= 4 is 10.9 Å². The molecular weight excluding hydrogens is 241 g/mol. The van der Waals surface area contributed by atoms with Crippen LogP contribution in [0.15, 0.2) is 48.5 Å². The van der Waals surface area contributed by atoms with Gasteiger partial charge in [-0.05, 0) is 37.3 Å². The third kappa shape index (κ3) is 2.45. The number of aromatic nitrogens is 1. The fraction of sp³-hybridized carbons (Fsp3) is 0.125. The van der Waals surface area contributed by atoms with Crippen LogP contribution in [0.25, 0.3) is 10.9 Å². The number of hydrogen-bond donors (Lipinski definition) is 1. The highest BCUT2D eigenvalue weighted by Crippen LogP contribution is 2.20. The number of aromatic amines is 1. The van der Waals surface area contributed by atoms with Crippen molar-refractivity contribution in [2.75, 3.05) is 0 Å². The fourth-order valence-electron chi connectivity index (χ4n) is 2.05. The van der Waals surface area contributed by atoms with Gasteiger partial charge in [0.2, 0.25) is 0 Å². The Bertz CT molecular complexity index is 700. The summed E-state index contributed by atoms with van der Waals surface area (Å²) in [6.07, 6.45) is 0. The molecule has 96 valence electrons. The van der Waals surface area contributed by atoms with E-state index in [1.54, 1.807) is 12.1 Å². The highest BCUT2D eigenvalue weighted by atomic mass is 19.1. The molecule has 1 N–H and O–H groups in total. The minimum atomic E-state index is -0.213. The minimum absolute atomic E-state index is 0.213. The summed E-state index contributed by atoms with van der Waals surface area (Å²) in [4.78, 5) is 3.15. The van der Waals surface area contributed by atoms with Crippen molar-refractivity contribution in [1.82, 2.24) is 4.98 Å². The van der Waals surface area contributed by atoms with E-state index < -0.39 is 0 Å².